The molecule has 1 fully saturated rings. The van der Waals surface area contributed by atoms with Crippen LogP contribution in [0.15, 0.2) is 12.2 Å². The molecule has 2 rings (SSSR count). The quantitative estimate of drug-likeness (QED) is 0.537. The first kappa shape index (κ1) is 16.7. The van der Waals surface area contributed by atoms with E-state index in [1.807, 2.05) is 11.3 Å². The topological polar surface area (TPSA) is 12.9 Å². The van der Waals surface area contributed by atoms with Gasteiger partial charge in [0.15, 0.2) is 0 Å². The van der Waals surface area contributed by atoms with Gasteiger partial charge in [0.1, 0.15) is 0 Å². The molecule has 1 aliphatic carbocycles. The summed E-state index contributed by atoms with van der Waals surface area (Å²) in [5, 5.41) is 1.29. The monoisotopic (exact) mass is 305 g/mol. The van der Waals surface area contributed by atoms with Gasteiger partial charge in [0, 0.05) is 17.2 Å². The highest BCUT2D eigenvalue weighted by Crippen LogP contribution is 2.54. The predicted octanol–water partition coefficient (Wildman–Crippen LogP) is 6.31. The standard InChI is InChI=1S/C19H31NS/c1-13(2)17-16(21-18(20-17)14(3)4)9-7-8-10-19(11-12-19)15(5)6/h7-8,13-15H,9-12H2,1-6H3. The van der Waals surface area contributed by atoms with Crippen molar-refractivity contribution < 1.29 is 0 Å². The van der Waals surface area contributed by atoms with E-state index >= 15 is 0 Å². The Labute approximate surface area is 134 Å². The van der Waals surface area contributed by atoms with Gasteiger partial charge in [-0.2, -0.15) is 0 Å². The van der Waals surface area contributed by atoms with E-state index in [-0.39, 0.29) is 0 Å². The summed E-state index contributed by atoms with van der Waals surface area (Å²) in [4.78, 5) is 6.33. The second kappa shape index (κ2) is 6.64. The van der Waals surface area contributed by atoms with E-state index in [2.05, 4.69) is 53.7 Å². The van der Waals surface area contributed by atoms with Gasteiger partial charge in [0.25, 0.3) is 0 Å². The molecule has 1 aromatic rings. The van der Waals surface area contributed by atoms with Gasteiger partial charge in [-0.05, 0) is 36.5 Å². The number of aromatic nitrogens is 1. The molecule has 0 bridgehead atoms. The molecule has 0 aromatic carbocycles. The highest BCUT2D eigenvalue weighted by Gasteiger charge is 2.43. The minimum Gasteiger partial charge on any atom is -0.245 e. The number of rotatable bonds is 7. The maximum absolute atomic E-state index is 4.86. The Morgan fingerprint density at radius 1 is 1.05 bits per heavy atom. The molecule has 0 saturated heterocycles. The molecule has 0 aliphatic heterocycles. The van der Waals surface area contributed by atoms with Gasteiger partial charge in [-0.15, -0.1) is 11.3 Å². The summed E-state index contributed by atoms with van der Waals surface area (Å²) in [6, 6.07) is 0. The number of allylic oxidation sites excluding steroid dienone is 2. The molecule has 1 heterocycles. The van der Waals surface area contributed by atoms with Crippen molar-refractivity contribution in [1.82, 2.24) is 4.98 Å². The molecule has 2 heteroatoms. The van der Waals surface area contributed by atoms with Gasteiger partial charge in [0.2, 0.25) is 0 Å². The van der Waals surface area contributed by atoms with Gasteiger partial charge < -0.3 is 0 Å². The summed E-state index contributed by atoms with van der Waals surface area (Å²) in [7, 11) is 0. The van der Waals surface area contributed by atoms with Crippen molar-refractivity contribution >= 4 is 11.3 Å². The van der Waals surface area contributed by atoms with E-state index in [9.17, 15) is 0 Å². The van der Waals surface area contributed by atoms with Gasteiger partial charge >= 0.3 is 0 Å². The average Bonchev–Trinajstić information content (AvgIpc) is 3.06. The molecule has 0 unspecified atom stereocenters. The van der Waals surface area contributed by atoms with Crippen LogP contribution in [-0.4, -0.2) is 4.98 Å². The first-order valence-corrected chi connectivity index (χ1v) is 9.32. The first-order valence-electron chi connectivity index (χ1n) is 8.50. The average molecular weight is 306 g/mol. The molecular weight excluding hydrogens is 274 g/mol. The fourth-order valence-electron chi connectivity index (χ4n) is 2.91. The van der Waals surface area contributed by atoms with Crippen LogP contribution in [0.25, 0.3) is 0 Å². The largest absolute Gasteiger partial charge is 0.245 e. The lowest BCUT2D eigenvalue weighted by molar-refractivity contribution is 0.363. The van der Waals surface area contributed by atoms with Crippen LogP contribution in [0.4, 0.5) is 0 Å². The molecule has 21 heavy (non-hydrogen) atoms. The van der Waals surface area contributed by atoms with Gasteiger partial charge in [-0.25, -0.2) is 4.98 Å². The van der Waals surface area contributed by atoms with Crippen molar-refractivity contribution in [3.05, 3.63) is 27.7 Å². The third kappa shape index (κ3) is 3.97. The van der Waals surface area contributed by atoms with Crippen LogP contribution >= 0.6 is 11.3 Å². The summed E-state index contributed by atoms with van der Waals surface area (Å²) in [6.45, 7) is 13.7. The molecule has 1 aliphatic rings. The molecule has 0 amide bonds. The lowest BCUT2D eigenvalue weighted by Gasteiger charge is -2.16. The molecular formula is C19H31NS. The highest BCUT2D eigenvalue weighted by atomic mass is 32.1. The van der Waals surface area contributed by atoms with Crippen LogP contribution in [0, 0.1) is 11.3 Å². The zero-order chi connectivity index (χ0) is 15.6. The Balaban J connectivity index is 1.99. The van der Waals surface area contributed by atoms with E-state index in [0.717, 1.165) is 12.3 Å². The van der Waals surface area contributed by atoms with Gasteiger partial charge in [-0.3, -0.25) is 0 Å². The molecule has 0 radical (unpaired) electrons. The smallest absolute Gasteiger partial charge is 0.0956 e. The van der Waals surface area contributed by atoms with Crippen LogP contribution < -0.4 is 0 Å². The Hall–Kier alpha value is -0.630. The Morgan fingerprint density at radius 3 is 2.19 bits per heavy atom. The zero-order valence-corrected chi connectivity index (χ0v) is 15.4. The second-order valence-corrected chi connectivity index (χ2v) is 8.68. The summed E-state index contributed by atoms with van der Waals surface area (Å²) in [5.41, 5.74) is 1.95. The summed E-state index contributed by atoms with van der Waals surface area (Å²) in [5.74, 6) is 1.90. The third-order valence-corrected chi connectivity index (χ3v) is 6.29. The van der Waals surface area contributed by atoms with E-state index in [1.54, 1.807) is 0 Å². The van der Waals surface area contributed by atoms with Crippen molar-refractivity contribution in [1.29, 1.82) is 0 Å². The predicted molar refractivity (Wildman–Crippen MR) is 94.3 cm³/mol. The van der Waals surface area contributed by atoms with Crippen LogP contribution in [0.2, 0.25) is 0 Å². The van der Waals surface area contributed by atoms with Gasteiger partial charge in [-0.1, -0.05) is 53.7 Å². The van der Waals surface area contributed by atoms with E-state index in [4.69, 9.17) is 4.98 Å². The molecule has 0 N–H and O–H groups in total. The maximum Gasteiger partial charge on any atom is 0.0956 e. The fraction of sp³-hybridized carbons (Fsp3) is 0.737. The van der Waals surface area contributed by atoms with Crippen molar-refractivity contribution in [3.63, 3.8) is 0 Å². The Bertz CT molecular complexity index is 490. The Kier molecular flexibility index (Phi) is 5.29. The number of hydrogen-bond acceptors (Lipinski definition) is 2. The molecule has 1 nitrogen and oxygen atoms in total. The second-order valence-electron chi connectivity index (χ2n) is 7.57. The number of thiazole rings is 1. The molecule has 1 aromatic heterocycles. The highest BCUT2D eigenvalue weighted by molar-refractivity contribution is 7.11. The summed E-state index contributed by atoms with van der Waals surface area (Å²) in [6.07, 6.45) is 9.97. The molecule has 0 atom stereocenters. The molecule has 118 valence electrons. The fourth-order valence-corrected chi connectivity index (χ4v) is 4.11. The van der Waals surface area contributed by atoms with Crippen LogP contribution in [0.5, 0.6) is 0 Å². The first-order chi connectivity index (χ1) is 9.85. The lowest BCUT2D eigenvalue weighted by atomic mass is 9.89. The minimum absolute atomic E-state index is 0.530. The summed E-state index contributed by atoms with van der Waals surface area (Å²) < 4.78 is 0. The van der Waals surface area contributed by atoms with Crippen molar-refractivity contribution in [2.45, 2.75) is 79.1 Å². The molecule has 0 spiro atoms. The summed E-state index contributed by atoms with van der Waals surface area (Å²) >= 11 is 1.91. The minimum atomic E-state index is 0.530. The molecule has 1 saturated carbocycles. The SMILES string of the molecule is CC(C)c1nc(C(C)C)c(CC=CCC2(C(C)C)CC2)s1. The van der Waals surface area contributed by atoms with E-state index < -0.39 is 0 Å². The Morgan fingerprint density at radius 2 is 1.71 bits per heavy atom. The van der Waals surface area contributed by atoms with E-state index in [0.29, 0.717) is 17.3 Å². The van der Waals surface area contributed by atoms with Crippen molar-refractivity contribution in [3.8, 4) is 0 Å². The number of hydrogen-bond donors (Lipinski definition) is 0. The zero-order valence-electron chi connectivity index (χ0n) is 14.6. The number of nitrogens with zero attached hydrogens (tertiary/aromatic N) is 1. The lowest BCUT2D eigenvalue weighted by Crippen LogP contribution is -2.07. The van der Waals surface area contributed by atoms with Gasteiger partial charge in [0.05, 0.1) is 10.7 Å². The van der Waals surface area contributed by atoms with Crippen LogP contribution in [0.3, 0.4) is 0 Å². The maximum atomic E-state index is 4.86. The van der Waals surface area contributed by atoms with Crippen molar-refractivity contribution in [2.75, 3.05) is 0 Å². The van der Waals surface area contributed by atoms with E-state index in [1.165, 1.54) is 34.8 Å². The van der Waals surface area contributed by atoms with Crippen LogP contribution in [0.1, 0.15) is 88.2 Å². The normalized spacial score (nSPS) is 17.6. The van der Waals surface area contributed by atoms with Crippen molar-refractivity contribution in [2.24, 2.45) is 11.3 Å². The third-order valence-electron chi connectivity index (χ3n) is 4.90. The van der Waals surface area contributed by atoms with Crippen LogP contribution in [-0.2, 0) is 6.42 Å².